The maximum absolute atomic E-state index is 14.9. The number of imidazole rings is 1. The van der Waals surface area contributed by atoms with E-state index in [0.717, 1.165) is 43.1 Å². The minimum absolute atomic E-state index is 0.0999. The number of aromatic nitrogens is 4. The second-order valence-electron chi connectivity index (χ2n) is 9.70. The van der Waals surface area contributed by atoms with Crippen LogP contribution in [0.4, 0.5) is 28.9 Å². The van der Waals surface area contributed by atoms with Crippen molar-refractivity contribution in [2.75, 3.05) is 36.5 Å². The Hall–Kier alpha value is -3.93. The number of ether oxygens (including phenoxy) is 1. The Labute approximate surface area is 215 Å². The monoisotopic (exact) mass is 530 g/mol. The summed E-state index contributed by atoms with van der Waals surface area (Å²) in [5.41, 5.74) is 1.25. The van der Waals surface area contributed by atoms with Crippen LogP contribution in [0.2, 0.25) is 0 Å². The van der Waals surface area contributed by atoms with E-state index >= 15 is 0 Å². The van der Waals surface area contributed by atoms with E-state index in [1.165, 1.54) is 12.1 Å². The van der Waals surface area contributed by atoms with E-state index in [1.54, 1.807) is 13.1 Å². The minimum Gasteiger partial charge on any atom is -0.378 e. The average Bonchev–Trinajstić information content (AvgIpc) is 3.55. The smallest absolute Gasteiger partial charge is 0.378 e. The molecule has 0 atom stereocenters. The van der Waals surface area contributed by atoms with Gasteiger partial charge in [0.05, 0.1) is 36.3 Å². The number of morpholine rings is 1. The summed E-state index contributed by atoms with van der Waals surface area (Å²) in [6.45, 7) is 6.27. The predicted molar refractivity (Wildman–Crippen MR) is 134 cm³/mol. The highest BCUT2D eigenvalue weighted by Crippen LogP contribution is 2.36. The number of benzene rings is 1. The van der Waals surface area contributed by atoms with Crippen LogP contribution >= 0.6 is 0 Å². The zero-order chi connectivity index (χ0) is 27.2. The van der Waals surface area contributed by atoms with Gasteiger partial charge in [0.1, 0.15) is 5.82 Å². The molecule has 1 saturated heterocycles. The van der Waals surface area contributed by atoms with Crippen molar-refractivity contribution in [2.45, 2.75) is 32.5 Å². The van der Waals surface area contributed by atoms with Crippen LogP contribution in [0.15, 0.2) is 49.2 Å². The van der Waals surface area contributed by atoms with Gasteiger partial charge >= 0.3 is 6.18 Å². The summed E-state index contributed by atoms with van der Waals surface area (Å²) in [5, 5.41) is 6.20. The lowest BCUT2D eigenvalue weighted by Crippen LogP contribution is -2.42. The third-order valence-corrected chi connectivity index (χ3v) is 6.80. The second-order valence-corrected chi connectivity index (χ2v) is 9.70. The normalized spacial score (nSPS) is 14.8. The molecule has 4 heterocycles. The Morgan fingerprint density at radius 1 is 1.11 bits per heavy atom. The summed E-state index contributed by atoms with van der Waals surface area (Å²) in [5.74, 6) is -1.44. The number of nitrogens with one attached hydrogen (secondary N) is 1. The van der Waals surface area contributed by atoms with Crippen LogP contribution in [0, 0.1) is 12.7 Å². The Kier molecular flexibility index (Phi) is 6.38. The van der Waals surface area contributed by atoms with Gasteiger partial charge in [0.25, 0.3) is 5.91 Å². The number of fused-ring (bicyclic) bond motifs is 1. The molecule has 0 radical (unpaired) electrons. The number of aryl methyl sites for hydroxylation is 1. The number of carbonyl (C=O) groups excluding carboxylic acids is 1. The number of hydrogen-bond donors (Lipinski definition) is 1. The Morgan fingerprint density at radius 3 is 2.55 bits per heavy atom. The van der Waals surface area contributed by atoms with Gasteiger partial charge in [-0.25, -0.2) is 9.37 Å². The molecule has 0 spiro atoms. The summed E-state index contributed by atoms with van der Waals surface area (Å²) in [6.07, 6.45) is 2.84. The maximum atomic E-state index is 14.9. The van der Waals surface area contributed by atoms with Crippen molar-refractivity contribution in [3.63, 3.8) is 0 Å². The summed E-state index contributed by atoms with van der Waals surface area (Å²) >= 11 is 0. The van der Waals surface area contributed by atoms with Crippen LogP contribution in [0.25, 0.3) is 16.8 Å². The average molecular weight is 531 g/mol. The number of carbonyl (C=O) groups is 1. The lowest BCUT2D eigenvalue weighted by Gasteiger charge is -2.29. The molecular formula is C26H26F4N6O2. The molecule has 8 nitrogen and oxygen atoms in total. The summed E-state index contributed by atoms with van der Waals surface area (Å²) in [4.78, 5) is 19.5. The lowest BCUT2D eigenvalue weighted by molar-refractivity contribution is -0.205. The molecule has 1 aliphatic heterocycles. The molecule has 0 bridgehead atoms. The maximum Gasteiger partial charge on any atom is 0.413 e. The van der Waals surface area contributed by atoms with Crippen LogP contribution in [-0.2, 0) is 10.3 Å². The largest absolute Gasteiger partial charge is 0.413 e. The van der Waals surface area contributed by atoms with Gasteiger partial charge in [-0.1, -0.05) is 0 Å². The highest BCUT2D eigenvalue weighted by atomic mass is 19.4. The first-order chi connectivity index (χ1) is 18.0. The zero-order valence-electron chi connectivity index (χ0n) is 21.0. The van der Waals surface area contributed by atoms with Crippen molar-refractivity contribution in [2.24, 2.45) is 0 Å². The third-order valence-electron chi connectivity index (χ3n) is 6.80. The number of amides is 1. The molecule has 4 aromatic rings. The molecule has 0 unspecified atom stereocenters. The van der Waals surface area contributed by atoms with Crippen molar-refractivity contribution < 1.29 is 27.1 Å². The lowest BCUT2D eigenvalue weighted by atomic mass is 10.00. The van der Waals surface area contributed by atoms with Gasteiger partial charge in [-0.3, -0.25) is 9.48 Å². The van der Waals surface area contributed by atoms with Gasteiger partial charge in [0.15, 0.2) is 11.2 Å². The predicted octanol–water partition coefficient (Wildman–Crippen LogP) is 5.03. The molecule has 1 aliphatic rings. The molecule has 38 heavy (non-hydrogen) atoms. The van der Waals surface area contributed by atoms with Crippen LogP contribution in [0.3, 0.4) is 0 Å². The molecule has 1 fully saturated rings. The topological polar surface area (TPSA) is 76.7 Å². The van der Waals surface area contributed by atoms with Gasteiger partial charge in [0.2, 0.25) is 0 Å². The number of pyridine rings is 1. The van der Waals surface area contributed by atoms with Gasteiger partial charge < -0.3 is 19.4 Å². The van der Waals surface area contributed by atoms with Crippen molar-refractivity contribution in [3.05, 3.63) is 66.1 Å². The van der Waals surface area contributed by atoms with Gasteiger partial charge in [-0.05, 0) is 50.1 Å². The van der Waals surface area contributed by atoms with Crippen LogP contribution in [0.1, 0.15) is 29.8 Å². The molecule has 1 aromatic carbocycles. The molecule has 200 valence electrons. The van der Waals surface area contributed by atoms with Crippen molar-refractivity contribution >= 4 is 22.9 Å². The van der Waals surface area contributed by atoms with E-state index in [9.17, 15) is 22.4 Å². The fourth-order valence-electron chi connectivity index (χ4n) is 4.35. The molecule has 5 rings (SSSR count). The van der Waals surface area contributed by atoms with Gasteiger partial charge in [-0.2, -0.15) is 18.3 Å². The van der Waals surface area contributed by atoms with Crippen molar-refractivity contribution in [1.82, 2.24) is 19.2 Å². The van der Waals surface area contributed by atoms with Gasteiger partial charge in [0, 0.05) is 43.4 Å². The van der Waals surface area contributed by atoms with E-state index in [4.69, 9.17) is 4.74 Å². The van der Waals surface area contributed by atoms with E-state index in [1.807, 2.05) is 22.9 Å². The molecular weight excluding hydrogens is 504 g/mol. The summed E-state index contributed by atoms with van der Waals surface area (Å²) < 4.78 is 63.1. The SMILES string of the molecule is Cc1cc(F)c(NC(=O)c2cnn(C(C)(C)C(F)(F)F)c2)cc1-c1cc(N2CCOCC2)c2nccn2c1. The molecule has 1 amide bonds. The number of hydrogen-bond acceptors (Lipinski definition) is 5. The number of rotatable bonds is 5. The van der Waals surface area contributed by atoms with Crippen LogP contribution < -0.4 is 10.2 Å². The van der Waals surface area contributed by atoms with Crippen LogP contribution in [-0.4, -0.2) is 57.6 Å². The number of nitrogens with zero attached hydrogens (tertiary/aromatic N) is 5. The summed E-state index contributed by atoms with van der Waals surface area (Å²) in [7, 11) is 0. The highest BCUT2D eigenvalue weighted by molar-refractivity contribution is 6.04. The zero-order valence-corrected chi connectivity index (χ0v) is 21.0. The standard InChI is InChI=1S/C26H26F4N6O2/c1-16-10-20(27)21(33-24(37)18-13-32-36(15-18)25(2,3)26(28,29)30)12-19(16)17-11-22(34-6-8-38-9-7-34)23-31-4-5-35(23)14-17/h4-5,10-15H,6-9H2,1-3H3,(H,33,37). The Bertz CT molecular complexity index is 1500. The van der Waals surface area contributed by atoms with Crippen molar-refractivity contribution in [1.29, 1.82) is 0 Å². The fraction of sp³-hybridized carbons (Fsp3) is 0.346. The molecule has 0 aliphatic carbocycles. The van der Waals surface area contributed by atoms with Crippen molar-refractivity contribution in [3.8, 4) is 11.1 Å². The fourth-order valence-corrected chi connectivity index (χ4v) is 4.35. The van der Waals surface area contributed by atoms with Crippen LogP contribution in [0.5, 0.6) is 0 Å². The second kappa shape index (κ2) is 9.43. The molecule has 0 saturated carbocycles. The third kappa shape index (κ3) is 4.60. The first-order valence-electron chi connectivity index (χ1n) is 12.0. The molecule has 3 aromatic heterocycles. The molecule has 12 heteroatoms. The number of alkyl halides is 3. The first-order valence-corrected chi connectivity index (χ1v) is 12.0. The van der Waals surface area contributed by atoms with Gasteiger partial charge in [-0.15, -0.1) is 0 Å². The Balaban J connectivity index is 1.48. The summed E-state index contributed by atoms with van der Waals surface area (Å²) in [6, 6.07) is 4.81. The van der Waals surface area contributed by atoms with E-state index in [0.29, 0.717) is 42.1 Å². The highest BCUT2D eigenvalue weighted by Gasteiger charge is 2.49. The number of anilines is 2. The quantitative estimate of drug-likeness (QED) is 0.366. The first kappa shape index (κ1) is 25.7. The van der Waals surface area contributed by atoms with E-state index < -0.39 is 23.4 Å². The van der Waals surface area contributed by atoms with E-state index in [-0.39, 0.29) is 11.3 Å². The Morgan fingerprint density at radius 2 is 1.84 bits per heavy atom. The van der Waals surface area contributed by atoms with E-state index in [2.05, 4.69) is 20.3 Å². The minimum atomic E-state index is -4.58. The number of halogens is 4. The molecule has 1 N–H and O–H groups in total.